The van der Waals surface area contributed by atoms with Crippen molar-refractivity contribution in [1.82, 2.24) is 9.97 Å². The summed E-state index contributed by atoms with van der Waals surface area (Å²) in [7, 11) is 3.34. The number of thiocarbonyl (C=S) groups is 2. The molecule has 8 nitrogen and oxygen atoms in total. The van der Waals surface area contributed by atoms with Crippen molar-refractivity contribution in [2.75, 3.05) is 14.2 Å². The molecule has 0 spiro atoms. The van der Waals surface area contributed by atoms with Crippen molar-refractivity contribution >= 4 is 59.0 Å². The van der Waals surface area contributed by atoms with Gasteiger partial charge >= 0.3 is 0 Å². The van der Waals surface area contributed by atoms with Gasteiger partial charge in [0.05, 0.1) is 14.2 Å². The van der Waals surface area contributed by atoms with E-state index in [1.807, 2.05) is 72.8 Å². The first-order valence-corrected chi connectivity index (χ1v) is 12.6. The highest BCUT2D eigenvalue weighted by atomic mass is 32.1. The maximum absolute atomic E-state index is 5.10. The van der Waals surface area contributed by atoms with E-state index < -0.39 is 0 Å². The standard InChI is InChI=1S/2C14H13NO.2CH4N2S/c2*1-16-14-6-4-12(5-7-14)2-3-13-8-10-15-11-9-13;2*2-1(3)4/h2*2-11H,1H3;2*(H4,2,3,4)/b2*3-2+;;. The van der Waals surface area contributed by atoms with E-state index in [0.29, 0.717) is 0 Å². The smallest absolute Gasteiger partial charge is 0.160 e. The van der Waals surface area contributed by atoms with Crippen LogP contribution in [0.2, 0.25) is 0 Å². The second-order valence-corrected chi connectivity index (χ2v) is 8.52. The molecule has 10 heteroatoms. The van der Waals surface area contributed by atoms with Crippen LogP contribution in [0.1, 0.15) is 22.3 Å². The van der Waals surface area contributed by atoms with Gasteiger partial charge in [-0.1, -0.05) is 48.6 Å². The lowest BCUT2D eigenvalue weighted by molar-refractivity contribution is 0.414. The average Bonchev–Trinajstić information content (AvgIpc) is 2.96. The van der Waals surface area contributed by atoms with Crippen LogP contribution in [-0.4, -0.2) is 34.4 Å². The van der Waals surface area contributed by atoms with Gasteiger partial charge in [-0.2, -0.15) is 0 Å². The lowest BCUT2D eigenvalue weighted by Gasteiger charge is -1.99. The minimum atomic E-state index is 0.000000000000000222. The van der Waals surface area contributed by atoms with Gasteiger partial charge in [0, 0.05) is 24.8 Å². The number of aromatic nitrogens is 2. The van der Waals surface area contributed by atoms with Gasteiger partial charge in [-0.25, -0.2) is 0 Å². The van der Waals surface area contributed by atoms with E-state index in [9.17, 15) is 0 Å². The van der Waals surface area contributed by atoms with Crippen LogP contribution in [0, 0.1) is 0 Å². The Morgan fingerprint density at radius 3 is 0.950 bits per heavy atom. The molecule has 40 heavy (non-hydrogen) atoms. The maximum Gasteiger partial charge on any atom is 0.160 e. The van der Waals surface area contributed by atoms with Gasteiger partial charge in [-0.05, 0) is 95.2 Å². The Hall–Kier alpha value is -4.80. The molecule has 0 bridgehead atoms. The molecule has 0 aliphatic heterocycles. The predicted molar refractivity (Wildman–Crippen MR) is 174 cm³/mol. The summed E-state index contributed by atoms with van der Waals surface area (Å²) in [5.74, 6) is 1.75. The van der Waals surface area contributed by atoms with E-state index >= 15 is 0 Å². The lowest BCUT2D eigenvalue weighted by atomic mass is 10.1. The van der Waals surface area contributed by atoms with Crippen LogP contribution in [0.15, 0.2) is 97.6 Å². The number of nitrogens with zero attached hydrogens (tertiary/aromatic N) is 2. The molecule has 0 amide bonds. The van der Waals surface area contributed by atoms with Gasteiger partial charge in [0.1, 0.15) is 11.5 Å². The first-order chi connectivity index (χ1) is 19.2. The minimum absolute atomic E-state index is 0.000000000000000222. The third kappa shape index (κ3) is 16.8. The third-order valence-corrected chi connectivity index (χ3v) is 4.58. The van der Waals surface area contributed by atoms with Crippen LogP contribution in [-0.2, 0) is 0 Å². The van der Waals surface area contributed by atoms with Gasteiger partial charge in [0.2, 0.25) is 0 Å². The van der Waals surface area contributed by atoms with Gasteiger partial charge in [0.15, 0.2) is 10.2 Å². The van der Waals surface area contributed by atoms with Crippen LogP contribution in [0.5, 0.6) is 11.5 Å². The molecular weight excluding hydrogens is 541 g/mol. The minimum Gasteiger partial charge on any atom is -0.497 e. The second kappa shape index (κ2) is 20.2. The molecule has 2 aromatic heterocycles. The molecule has 0 atom stereocenters. The van der Waals surface area contributed by atoms with Gasteiger partial charge in [-0.15, -0.1) is 0 Å². The molecule has 0 saturated carbocycles. The van der Waals surface area contributed by atoms with Crippen molar-refractivity contribution in [3.8, 4) is 11.5 Å². The summed E-state index contributed by atoms with van der Waals surface area (Å²) >= 11 is 8.19. The Kier molecular flexibility index (Phi) is 16.8. The number of methoxy groups -OCH3 is 2. The molecule has 4 rings (SSSR count). The number of hydrogen-bond acceptors (Lipinski definition) is 6. The molecule has 2 heterocycles. The number of hydrogen-bond donors (Lipinski definition) is 4. The van der Waals surface area contributed by atoms with Crippen molar-refractivity contribution < 1.29 is 9.47 Å². The molecule has 208 valence electrons. The Bertz CT molecular complexity index is 1200. The summed E-state index contributed by atoms with van der Waals surface area (Å²) in [6, 6.07) is 23.8. The van der Waals surface area contributed by atoms with Gasteiger partial charge < -0.3 is 32.4 Å². The Balaban J connectivity index is 0.000000317. The third-order valence-electron chi connectivity index (χ3n) is 4.58. The number of benzene rings is 2. The quantitative estimate of drug-likeness (QED) is 0.234. The average molecular weight is 575 g/mol. The molecule has 0 aliphatic carbocycles. The summed E-state index contributed by atoms with van der Waals surface area (Å²) in [5, 5.41) is 0.000000000000000444. The normalized spacial score (nSPS) is 9.65. The molecule has 4 aromatic rings. The van der Waals surface area contributed by atoms with Crippen molar-refractivity contribution in [3.05, 3.63) is 120 Å². The van der Waals surface area contributed by atoms with Gasteiger partial charge in [-0.3, -0.25) is 9.97 Å². The maximum atomic E-state index is 5.10. The molecule has 0 aliphatic rings. The Labute approximate surface area is 246 Å². The number of nitrogens with two attached hydrogens (primary N) is 4. The van der Waals surface area contributed by atoms with E-state index in [1.165, 1.54) is 0 Å². The summed E-state index contributed by atoms with van der Waals surface area (Å²) < 4.78 is 10.2. The molecule has 2 aromatic carbocycles. The Morgan fingerprint density at radius 1 is 0.500 bits per heavy atom. The summed E-state index contributed by atoms with van der Waals surface area (Å²) in [6.07, 6.45) is 15.4. The lowest BCUT2D eigenvalue weighted by Crippen LogP contribution is -2.18. The molecular formula is C30H34N6O2S2. The first-order valence-electron chi connectivity index (χ1n) is 11.8. The molecule has 8 N–H and O–H groups in total. The van der Waals surface area contributed by atoms with E-state index in [4.69, 9.17) is 9.47 Å². The van der Waals surface area contributed by atoms with Crippen LogP contribution in [0.4, 0.5) is 0 Å². The number of pyridine rings is 2. The summed E-state index contributed by atoms with van der Waals surface area (Å²) in [6.45, 7) is 0. The number of rotatable bonds is 6. The highest BCUT2D eigenvalue weighted by Gasteiger charge is 1.91. The van der Waals surface area contributed by atoms with E-state index in [2.05, 4.69) is 81.6 Å². The van der Waals surface area contributed by atoms with Crippen molar-refractivity contribution in [3.63, 3.8) is 0 Å². The molecule has 0 saturated heterocycles. The van der Waals surface area contributed by atoms with E-state index in [1.54, 1.807) is 39.0 Å². The van der Waals surface area contributed by atoms with Crippen molar-refractivity contribution in [1.29, 1.82) is 0 Å². The zero-order valence-corrected chi connectivity index (χ0v) is 24.0. The Morgan fingerprint density at radius 2 is 0.725 bits per heavy atom. The fourth-order valence-corrected chi connectivity index (χ4v) is 2.76. The first kappa shape index (κ1) is 33.2. The number of ether oxygens (including phenoxy) is 2. The van der Waals surface area contributed by atoms with Crippen LogP contribution >= 0.6 is 24.4 Å². The van der Waals surface area contributed by atoms with Crippen molar-refractivity contribution in [2.45, 2.75) is 0 Å². The second-order valence-electron chi connectivity index (χ2n) is 7.58. The highest BCUT2D eigenvalue weighted by Crippen LogP contribution is 2.14. The predicted octanol–water partition coefficient (Wildman–Crippen LogP) is 4.90. The van der Waals surface area contributed by atoms with E-state index in [0.717, 1.165) is 33.8 Å². The SMILES string of the molecule is COc1ccc(/C=C/c2ccncc2)cc1.COc1ccc(/C=C/c2ccncc2)cc1.NC(N)=S.NC(N)=S. The van der Waals surface area contributed by atoms with E-state index in [-0.39, 0.29) is 10.2 Å². The summed E-state index contributed by atoms with van der Waals surface area (Å²) in [5.41, 5.74) is 23.1. The molecule has 0 unspecified atom stereocenters. The van der Waals surface area contributed by atoms with Crippen molar-refractivity contribution in [2.24, 2.45) is 22.9 Å². The summed E-state index contributed by atoms with van der Waals surface area (Å²) in [4.78, 5) is 7.95. The fraction of sp³-hybridized carbons (Fsp3) is 0.0667. The van der Waals surface area contributed by atoms with Crippen LogP contribution in [0.3, 0.4) is 0 Å². The fourth-order valence-electron chi connectivity index (χ4n) is 2.76. The van der Waals surface area contributed by atoms with Crippen LogP contribution in [0.25, 0.3) is 24.3 Å². The zero-order valence-electron chi connectivity index (χ0n) is 22.4. The molecule has 0 fully saturated rings. The zero-order chi connectivity index (χ0) is 29.6. The largest absolute Gasteiger partial charge is 0.497 e. The topological polar surface area (TPSA) is 148 Å². The monoisotopic (exact) mass is 574 g/mol. The highest BCUT2D eigenvalue weighted by molar-refractivity contribution is 7.80. The van der Waals surface area contributed by atoms with Crippen LogP contribution < -0.4 is 32.4 Å². The molecule has 0 radical (unpaired) electrons. The van der Waals surface area contributed by atoms with Gasteiger partial charge in [0.25, 0.3) is 0 Å².